The molecule has 0 bridgehead atoms. The predicted molar refractivity (Wildman–Crippen MR) is 60.6 cm³/mol. The van der Waals surface area contributed by atoms with Gasteiger partial charge >= 0.3 is 0 Å². The molecule has 1 aliphatic rings. The molecular weight excluding hydrogens is 208 g/mol. The fourth-order valence-electron chi connectivity index (χ4n) is 1.69. The van der Waals surface area contributed by atoms with Gasteiger partial charge in [0.15, 0.2) is 11.6 Å². The van der Waals surface area contributed by atoms with Gasteiger partial charge in [-0.25, -0.2) is 0 Å². The molecule has 0 spiro atoms. The van der Waals surface area contributed by atoms with E-state index < -0.39 is 0 Å². The Morgan fingerprint density at radius 3 is 2.87 bits per heavy atom. The summed E-state index contributed by atoms with van der Waals surface area (Å²) in [6.07, 6.45) is 4.23. The minimum atomic E-state index is -0.00861. The highest BCUT2D eigenvalue weighted by Crippen LogP contribution is 2.27. The lowest BCUT2D eigenvalue weighted by Crippen LogP contribution is -2.14. The number of unbranched alkanes of at least 4 members (excludes halogenated alkanes) is 1. The molecule has 0 amide bonds. The molecule has 1 heterocycles. The molecule has 3 heteroatoms. The molecule has 15 heavy (non-hydrogen) atoms. The van der Waals surface area contributed by atoms with E-state index >= 15 is 0 Å². The van der Waals surface area contributed by atoms with Gasteiger partial charge in [-0.2, -0.15) is 0 Å². The van der Waals surface area contributed by atoms with E-state index in [0.717, 1.165) is 19.3 Å². The van der Waals surface area contributed by atoms with Crippen molar-refractivity contribution in [2.24, 2.45) is 0 Å². The first-order chi connectivity index (χ1) is 7.24. The van der Waals surface area contributed by atoms with Crippen LogP contribution in [0.25, 0.3) is 0 Å². The second-order valence-electron chi connectivity index (χ2n) is 3.63. The minimum Gasteiger partial charge on any atom is -0.289 e. The van der Waals surface area contributed by atoms with Crippen LogP contribution in [0.2, 0.25) is 0 Å². The van der Waals surface area contributed by atoms with Gasteiger partial charge in [0.1, 0.15) is 0 Å². The molecule has 0 N–H and O–H groups in total. The lowest BCUT2D eigenvalue weighted by atomic mass is 9.92. The molecule has 0 fully saturated rings. The molecule has 0 saturated heterocycles. The van der Waals surface area contributed by atoms with Gasteiger partial charge in [0, 0.05) is 11.1 Å². The number of rotatable bonds is 3. The smallest absolute Gasteiger partial charge is 0.196 e. The number of allylic oxidation sites excluding steroid dienone is 2. The van der Waals surface area contributed by atoms with E-state index in [1.807, 2.05) is 0 Å². The number of Topliss-reactive ketones (excluding diaryl/α,β-unsaturated/α-hetero) is 1. The molecule has 0 saturated carbocycles. The molecule has 0 aromatic carbocycles. The largest absolute Gasteiger partial charge is 0.289 e. The van der Waals surface area contributed by atoms with Gasteiger partial charge in [0.05, 0.1) is 4.88 Å². The zero-order valence-corrected chi connectivity index (χ0v) is 9.39. The molecule has 0 unspecified atom stereocenters. The van der Waals surface area contributed by atoms with E-state index in [9.17, 15) is 9.59 Å². The average Bonchev–Trinajstić information content (AvgIpc) is 2.70. The Labute approximate surface area is 92.6 Å². The first-order valence-corrected chi connectivity index (χ1v) is 5.99. The van der Waals surface area contributed by atoms with E-state index in [2.05, 4.69) is 6.92 Å². The average molecular weight is 220 g/mol. The molecule has 2 nitrogen and oxygen atoms in total. The van der Waals surface area contributed by atoms with E-state index in [-0.39, 0.29) is 11.6 Å². The Balaban J connectivity index is 2.30. The van der Waals surface area contributed by atoms with E-state index in [4.69, 9.17) is 0 Å². The SMILES string of the molecule is CCCCC1=CC(=O)c2sccc2C1=O. The minimum absolute atomic E-state index is 0.00861. The highest BCUT2D eigenvalue weighted by Gasteiger charge is 2.25. The Morgan fingerprint density at radius 1 is 1.33 bits per heavy atom. The fraction of sp³-hybridized carbons (Fsp3) is 0.333. The number of carbonyl (C=O) groups is 2. The molecule has 0 aliphatic heterocycles. The third kappa shape index (κ3) is 1.79. The second-order valence-corrected chi connectivity index (χ2v) is 4.55. The monoisotopic (exact) mass is 220 g/mol. The Morgan fingerprint density at radius 2 is 2.13 bits per heavy atom. The van der Waals surface area contributed by atoms with Crippen molar-refractivity contribution in [3.63, 3.8) is 0 Å². The van der Waals surface area contributed by atoms with Crippen LogP contribution in [0, 0.1) is 0 Å². The maximum atomic E-state index is 11.9. The molecular formula is C12H12O2S. The van der Waals surface area contributed by atoms with Crippen LogP contribution in [0.5, 0.6) is 0 Å². The van der Waals surface area contributed by atoms with Gasteiger partial charge in [-0.15, -0.1) is 11.3 Å². The fourth-order valence-corrected chi connectivity index (χ4v) is 2.50. The molecule has 2 rings (SSSR count). The van der Waals surface area contributed by atoms with Crippen molar-refractivity contribution in [1.29, 1.82) is 0 Å². The van der Waals surface area contributed by atoms with Crippen molar-refractivity contribution in [3.8, 4) is 0 Å². The van der Waals surface area contributed by atoms with Gasteiger partial charge in [-0.05, 0) is 30.4 Å². The number of fused-ring (bicyclic) bond motifs is 1. The van der Waals surface area contributed by atoms with Crippen molar-refractivity contribution in [2.45, 2.75) is 26.2 Å². The van der Waals surface area contributed by atoms with Gasteiger partial charge < -0.3 is 0 Å². The maximum Gasteiger partial charge on any atom is 0.196 e. The van der Waals surface area contributed by atoms with Crippen LogP contribution < -0.4 is 0 Å². The van der Waals surface area contributed by atoms with E-state index in [0.29, 0.717) is 16.0 Å². The maximum absolute atomic E-state index is 11.9. The van der Waals surface area contributed by atoms with Crippen LogP contribution in [-0.4, -0.2) is 11.6 Å². The van der Waals surface area contributed by atoms with E-state index in [1.54, 1.807) is 11.4 Å². The van der Waals surface area contributed by atoms with Crippen LogP contribution in [0.15, 0.2) is 23.1 Å². The van der Waals surface area contributed by atoms with Crippen molar-refractivity contribution < 1.29 is 9.59 Å². The number of hydrogen-bond donors (Lipinski definition) is 0. The lowest BCUT2D eigenvalue weighted by Gasteiger charge is -2.10. The number of ketones is 2. The number of carbonyl (C=O) groups excluding carboxylic acids is 2. The van der Waals surface area contributed by atoms with Crippen LogP contribution in [-0.2, 0) is 0 Å². The summed E-state index contributed by atoms with van der Waals surface area (Å²) in [6.45, 7) is 2.08. The molecule has 1 aliphatic carbocycles. The highest BCUT2D eigenvalue weighted by molar-refractivity contribution is 7.12. The number of hydrogen-bond acceptors (Lipinski definition) is 3. The Kier molecular flexibility index (Phi) is 2.82. The summed E-state index contributed by atoms with van der Waals surface area (Å²) in [7, 11) is 0. The second kappa shape index (κ2) is 4.11. The number of thiophene rings is 1. The molecule has 0 atom stereocenters. The predicted octanol–water partition coefficient (Wildman–Crippen LogP) is 3.24. The van der Waals surface area contributed by atoms with Gasteiger partial charge in [0.2, 0.25) is 0 Å². The zero-order valence-electron chi connectivity index (χ0n) is 8.58. The van der Waals surface area contributed by atoms with Crippen molar-refractivity contribution in [3.05, 3.63) is 33.5 Å². The van der Waals surface area contributed by atoms with Gasteiger partial charge in [-0.3, -0.25) is 9.59 Å². The van der Waals surface area contributed by atoms with Crippen LogP contribution >= 0.6 is 11.3 Å². The van der Waals surface area contributed by atoms with Crippen molar-refractivity contribution in [2.75, 3.05) is 0 Å². The third-order valence-corrected chi connectivity index (χ3v) is 3.46. The lowest BCUT2D eigenvalue weighted by molar-refractivity contribution is 0.0984. The summed E-state index contributed by atoms with van der Waals surface area (Å²) in [5.74, 6) is 0.0324. The highest BCUT2D eigenvalue weighted by atomic mass is 32.1. The summed E-state index contributed by atoms with van der Waals surface area (Å²) in [5.41, 5.74) is 1.27. The van der Waals surface area contributed by atoms with Crippen molar-refractivity contribution >= 4 is 22.9 Å². The topological polar surface area (TPSA) is 34.1 Å². The summed E-state index contributed by atoms with van der Waals surface area (Å²) in [4.78, 5) is 24.2. The third-order valence-electron chi connectivity index (χ3n) is 2.53. The molecule has 1 aromatic rings. The summed E-state index contributed by atoms with van der Waals surface area (Å²) in [6, 6.07) is 1.75. The summed E-state index contributed by atoms with van der Waals surface area (Å²) in [5, 5.41) is 1.80. The van der Waals surface area contributed by atoms with Crippen molar-refractivity contribution in [1.82, 2.24) is 0 Å². The Bertz CT molecular complexity index is 440. The zero-order chi connectivity index (χ0) is 10.8. The Hall–Kier alpha value is -1.22. The quantitative estimate of drug-likeness (QED) is 0.783. The van der Waals surface area contributed by atoms with Crippen LogP contribution in [0.1, 0.15) is 46.2 Å². The normalized spacial score (nSPS) is 15.1. The molecule has 1 aromatic heterocycles. The first-order valence-electron chi connectivity index (χ1n) is 5.11. The summed E-state index contributed by atoms with van der Waals surface area (Å²) >= 11 is 1.35. The molecule has 78 valence electrons. The van der Waals surface area contributed by atoms with Crippen LogP contribution in [0.4, 0.5) is 0 Å². The summed E-state index contributed by atoms with van der Waals surface area (Å²) < 4.78 is 0. The molecule has 0 radical (unpaired) electrons. The standard InChI is InChI=1S/C12H12O2S/c1-2-3-4-8-7-10(13)12-9(11(8)14)5-6-15-12/h5-7H,2-4H2,1H3. The van der Waals surface area contributed by atoms with Crippen LogP contribution in [0.3, 0.4) is 0 Å². The van der Waals surface area contributed by atoms with Gasteiger partial charge in [-0.1, -0.05) is 13.3 Å². The van der Waals surface area contributed by atoms with E-state index in [1.165, 1.54) is 17.4 Å². The first kappa shape index (κ1) is 10.3. The van der Waals surface area contributed by atoms with Gasteiger partial charge in [0.25, 0.3) is 0 Å².